The summed E-state index contributed by atoms with van der Waals surface area (Å²) < 4.78 is 1.13. The SMILES string of the molecule is Nc1cc(I)ccc1Sc1ncnc2ccccc12. The Labute approximate surface area is 128 Å². The Morgan fingerprint density at radius 1 is 1.05 bits per heavy atom. The molecule has 0 aliphatic rings. The van der Waals surface area contributed by atoms with Gasteiger partial charge in [0, 0.05) is 19.5 Å². The number of fused-ring (bicyclic) bond motifs is 1. The minimum Gasteiger partial charge on any atom is -0.398 e. The lowest BCUT2D eigenvalue weighted by Crippen LogP contribution is -1.91. The third-order valence-electron chi connectivity index (χ3n) is 2.68. The molecule has 0 unspecified atom stereocenters. The molecule has 3 rings (SSSR count). The monoisotopic (exact) mass is 379 g/mol. The highest BCUT2D eigenvalue weighted by Crippen LogP contribution is 2.34. The van der Waals surface area contributed by atoms with Crippen LogP contribution in [0, 0.1) is 3.57 Å². The molecule has 0 saturated heterocycles. The summed E-state index contributed by atoms with van der Waals surface area (Å²) in [4.78, 5) is 9.64. The number of aromatic nitrogens is 2. The van der Waals surface area contributed by atoms with Crippen molar-refractivity contribution in [3.63, 3.8) is 0 Å². The lowest BCUT2D eigenvalue weighted by atomic mass is 10.2. The van der Waals surface area contributed by atoms with Crippen molar-refractivity contribution >= 4 is 50.9 Å². The van der Waals surface area contributed by atoms with Gasteiger partial charge in [-0.25, -0.2) is 9.97 Å². The van der Waals surface area contributed by atoms with Crippen LogP contribution < -0.4 is 5.73 Å². The summed E-state index contributed by atoms with van der Waals surface area (Å²) >= 11 is 3.83. The molecule has 0 aliphatic carbocycles. The first-order chi connectivity index (χ1) is 9.24. The van der Waals surface area contributed by atoms with Gasteiger partial charge in [-0.1, -0.05) is 30.0 Å². The number of hydrogen-bond donors (Lipinski definition) is 1. The van der Waals surface area contributed by atoms with E-state index in [2.05, 4.69) is 32.6 Å². The second-order valence-corrected chi connectivity index (χ2v) is 6.26. The molecule has 2 aromatic carbocycles. The van der Waals surface area contributed by atoms with Gasteiger partial charge in [0.2, 0.25) is 0 Å². The molecule has 0 spiro atoms. The predicted octanol–water partition coefficient (Wildman–Crippen LogP) is 3.97. The minimum absolute atomic E-state index is 0.777. The maximum atomic E-state index is 6.04. The third kappa shape index (κ3) is 2.66. The van der Waals surface area contributed by atoms with Gasteiger partial charge in [-0.2, -0.15) is 0 Å². The molecule has 0 radical (unpaired) electrons. The first-order valence-electron chi connectivity index (χ1n) is 5.66. The van der Waals surface area contributed by atoms with Crippen LogP contribution in [0.1, 0.15) is 0 Å². The maximum absolute atomic E-state index is 6.04. The van der Waals surface area contributed by atoms with E-state index >= 15 is 0 Å². The fraction of sp³-hybridized carbons (Fsp3) is 0. The van der Waals surface area contributed by atoms with E-state index in [1.807, 2.05) is 42.5 Å². The molecule has 1 heterocycles. The molecule has 94 valence electrons. The number of nitrogens with zero attached hydrogens (tertiary/aromatic N) is 2. The van der Waals surface area contributed by atoms with Crippen molar-refractivity contribution in [1.82, 2.24) is 9.97 Å². The van der Waals surface area contributed by atoms with Gasteiger partial charge in [-0.05, 0) is 46.9 Å². The van der Waals surface area contributed by atoms with Gasteiger partial charge in [-0.15, -0.1) is 0 Å². The van der Waals surface area contributed by atoms with Gasteiger partial charge >= 0.3 is 0 Å². The fourth-order valence-corrected chi connectivity index (χ4v) is 3.20. The lowest BCUT2D eigenvalue weighted by molar-refractivity contribution is 1.10. The fourth-order valence-electron chi connectivity index (χ4n) is 1.78. The van der Waals surface area contributed by atoms with Crippen molar-refractivity contribution in [2.24, 2.45) is 0 Å². The van der Waals surface area contributed by atoms with Crippen LogP contribution >= 0.6 is 34.4 Å². The summed E-state index contributed by atoms with van der Waals surface area (Å²) in [5.41, 5.74) is 7.77. The van der Waals surface area contributed by atoms with Crippen LogP contribution in [-0.2, 0) is 0 Å². The van der Waals surface area contributed by atoms with Crippen LogP contribution in [0.3, 0.4) is 0 Å². The zero-order valence-electron chi connectivity index (χ0n) is 9.88. The summed E-state index contributed by atoms with van der Waals surface area (Å²) in [6.07, 6.45) is 1.59. The summed E-state index contributed by atoms with van der Waals surface area (Å²) in [5, 5.41) is 1.98. The maximum Gasteiger partial charge on any atom is 0.117 e. The van der Waals surface area contributed by atoms with Crippen LogP contribution in [-0.4, -0.2) is 9.97 Å². The number of rotatable bonds is 2. The van der Waals surface area contributed by atoms with Crippen molar-refractivity contribution in [3.8, 4) is 0 Å². The van der Waals surface area contributed by atoms with E-state index in [4.69, 9.17) is 5.73 Å². The molecule has 0 saturated carbocycles. The highest BCUT2D eigenvalue weighted by atomic mass is 127. The molecular weight excluding hydrogens is 369 g/mol. The Morgan fingerprint density at radius 2 is 1.89 bits per heavy atom. The van der Waals surface area contributed by atoms with Crippen LogP contribution in [0.2, 0.25) is 0 Å². The van der Waals surface area contributed by atoms with Gasteiger partial charge < -0.3 is 5.73 Å². The number of nitrogen functional groups attached to an aromatic ring is 1. The normalized spacial score (nSPS) is 10.8. The Bertz CT molecular complexity index is 740. The topological polar surface area (TPSA) is 51.8 Å². The summed E-state index contributed by atoms with van der Waals surface area (Å²) in [5.74, 6) is 0. The van der Waals surface area contributed by atoms with E-state index in [1.54, 1.807) is 18.1 Å². The Balaban J connectivity index is 2.06. The molecule has 0 amide bonds. The number of hydrogen-bond acceptors (Lipinski definition) is 4. The van der Waals surface area contributed by atoms with Crippen LogP contribution in [0.5, 0.6) is 0 Å². The largest absolute Gasteiger partial charge is 0.398 e. The highest BCUT2D eigenvalue weighted by Gasteiger charge is 2.07. The Kier molecular flexibility index (Phi) is 3.56. The van der Waals surface area contributed by atoms with Crippen molar-refractivity contribution in [3.05, 3.63) is 52.4 Å². The molecule has 0 atom stereocenters. The van der Waals surface area contributed by atoms with Gasteiger partial charge in [0.15, 0.2) is 0 Å². The first kappa shape index (κ1) is 12.7. The lowest BCUT2D eigenvalue weighted by Gasteiger charge is -2.07. The molecule has 3 nitrogen and oxygen atoms in total. The minimum atomic E-state index is 0.777. The van der Waals surface area contributed by atoms with Gasteiger partial charge in [0.05, 0.1) is 5.52 Å². The number of anilines is 1. The number of benzene rings is 2. The zero-order valence-corrected chi connectivity index (χ0v) is 12.9. The molecule has 1 aromatic heterocycles. The van der Waals surface area contributed by atoms with Crippen molar-refractivity contribution in [2.45, 2.75) is 9.92 Å². The third-order valence-corrected chi connectivity index (χ3v) is 4.47. The number of halogens is 1. The number of nitrogens with two attached hydrogens (primary N) is 1. The zero-order chi connectivity index (χ0) is 13.2. The molecule has 0 bridgehead atoms. The van der Waals surface area contributed by atoms with Crippen LogP contribution in [0.4, 0.5) is 5.69 Å². The molecule has 0 aliphatic heterocycles. The summed E-state index contributed by atoms with van der Waals surface area (Å²) in [6.45, 7) is 0. The average Bonchev–Trinajstić information content (AvgIpc) is 2.42. The van der Waals surface area contributed by atoms with Crippen LogP contribution in [0.25, 0.3) is 10.9 Å². The van der Waals surface area contributed by atoms with E-state index in [0.29, 0.717) is 0 Å². The highest BCUT2D eigenvalue weighted by molar-refractivity contribution is 14.1. The van der Waals surface area contributed by atoms with Crippen LogP contribution in [0.15, 0.2) is 58.7 Å². The van der Waals surface area contributed by atoms with E-state index in [1.165, 1.54) is 0 Å². The second kappa shape index (κ2) is 5.34. The second-order valence-electron chi connectivity index (χ2n) is 3.98. The van der Waals surface area contributed by atoms with E-state index in [0.717, 1.165) is 30.1 Å². The van der Waals surface area contributed by atoms with Gasteiger partial charge in [0.25, 0.3) is 0 Å². The smallest absolute Gasteiger partial charge is 0.117 e. The molecule has 2 N–H and O–H groups in total. The summed E-state index contributed by atoms with van der Waals surface area (Å²) in [7, 11) is 0. The molecule has 5 heteroatoms. The molecule has 19 heavy (non-hydrogen) atoms. The number of para-hydroxylation sites is 1. The first-order valence-corrected chi connectivity index (χ1v) is 7.56. The average molecular weight is 379 g/mol. The van der Waals surface area contributed by atoms with Gasteiger partial charge in [-0.3, -0.25) is 0 Å². The molecular formula is C14H10IN3S. The van der Waals surface area contributed by atoms with Crippen molar-refractivity contribution in [2.75, 3.05) is 5.73 Å². The Hall–Kier alpha value is -1.34. The Morgan fingerprint density at radius 3 is 2.74 bits per heavy atom. The predicted molar refractivity (Wildman–Crippen MR) is 87.2 cm³/mol. The molecule has 0 fully saturated rings. The standard InChI is InChI=1S/C14H10IN3S/c15-9-5-6-13(11(16)7-9)19-14-10-3-1-2-4-12(10)17-8-18-14/h1-8H,16H2. The van der Waals surface area contributed by atoms with Crippen molar-refractivity contribution in [1.29, 1.82) is 0 Å². The van der Waals surface area contributed by atoms with Gasteiger partial charge in [0.1, 0.15) is 11.4 Å². The van der Waals surface area contributed by atoms with Crippen molar-refractivity contribution < 1.29 is 0 Å². The van der Waals surface area contributed by atoms with E-state index < -0.39 is 0 Å². The quantitative estimate of drug-likeness (QED) is 0.416. The van der Waals surface area contributed by atoms with E-state index in [9.17, 15) is 0 Å². The molecule has 3 aromatic rings. The van der Waals surface area contributed by atoms with E-state index in [-0.39, 0.29) is 0 Å². The summed E-state index contributed by atoms with van der Waals surface area (Å²) in [6, 6.07) is 14.0.